The van der Waals surface area contributed by atoms with Gasteiger partial charge in [0.15, 0.2) is 0 Å². The van der Waals surface area contributed by atoms with E-state index in [0.717, 1.165) is 41.0 Å². The van der Waals surface area contributed by atoms with Gasteiger partial charge in [-0.25, -0.2) is 0 Å². The highest BCUT2D eigenvalue weighted by atomic mass is 16.5. The van der Waals surface area contributed by atoms with E-state index in [-0.39, 0.29) is 11.9 Å². The monoisotopic (exact) mass is 325 g/mol. The molecule has 2 aliphatic rings. The Morgan fingerprint density at radius 2 is 2.08 bits per heavy atom. The number of fused-ring (bicyclic) bond motifs is 1. The number of methoxy groups -OCH3 is 1. The minimum Gasteiger partial charge on any atom is -0.496 e. The van der Waals surface area contributed by atoms with Crippen molar-refractivity contribution in [2.24, 2.45) is 0 Å². The van der Waals surface area contributed by atoms with Crippen molar-refractivity contribution in [2.75, 3.05) is 12.0 Å². The molecular formula is C19H23N3O2. The van der Waals surface area contributed by atoms with Crippen molar-refractivity contribution in [2.45, 2.75) is 51.6 Å². The Morgan fingerprint density at radius 3 is 2.75 bits per heavy atom. The quantitative estimate of drug-likeness (QED) is 0.866. The maximum Gasteiger partial charge on any atom is 0.224 e. The SMILES string of the molecule is COc1c(-c2cnn(C3CC3)c2)ccc2c1CC[C@H](C)N2C(C)=O. The summed E-state index contributed by atoms with van der Waals surface area (Å²) in [7, 11) is 1.71. The predicted octanol–water partition coefficient (Wildman–Crippen LogP) is 3.58. The minimum atomic E-state index is 0.0832. The van der Waals surface area contributed by atoms with Gasteiger partial charge in [-0.2, -0.15) is 5.10 Å². The minimum absolute atomic E-state index is 0.0832. The lowest BCUT2D eigenvalue weighted by molar-refractivity contribution is -0.117. The highest BCUT2D eigenvalue weighted by Gasteiger charge is 2.30. The maximum atomic E-state index is 12.1. The first-order valence-corrected chi connectivity index (χ1v) is 8.64. The van der Waals surface area contributed by atoms with E-state index < -0.39 is 0 Å². The van der Waals surface area contributed by atoms with Crippen molar-refractivity contribution >= 4 is 11.6 Å². The van der Waals surface area contributed by atoms with Gasteiger partial charge in [0.25, 0.3) is 0 Å². The fourth-order valence-electron chi connectivity index (χ4n) is 3.76. The van der Waals surface area contributed by atoms with E-state index in [1.807, 2.05) is 11.1 Å². The second-order valence-corrected chi connectivity index (χ2v) is 6.86. The van der Waals surface area contributed by atoms with Crippen LogP contribution in [-0.2, 0) is 11.2 Å². The van der Waals surface area contributed by atoms with Gasteiger partial charge < -0.3 is 9.64 Å². The molecular weight excluding hydrogens is 302 g/mol. The predicted molar refractivity (Wildman–Crippen MR) is 93.4 cm³/mol. The van der Waals surface area contributed by atoms with E-state index in [1.54, 1.807) is 14.0 Å². The number of nitrogens with zero attached hydrogens (tertiary/aromatic N) is 3. The Balaban J connectivity index is 1.80. The van der Waals surface area contributed by atoms with Crippen LogP contribution in [0, 0.1) is 0 Å². The molecule has 126 valence electrons. The number of hydrogen-bond acceptors (Lipinski definition) is 3. The molecule has 24 heavy (non-hydrogen) atoms. The summed E-state index contributed by atoms with van der Waals surface area (Å²) < 4.78 is 7.83. The Labute approximate surface area is 142 Å². The van der Waals surface area contributed by atoms with E-state index in [0.29, 0.717) is 6.04 Å². The normalized spacial score (nSPS) is 20.0. The van der Waals surface area contributed by atoms with Crippen LogP contribution in [0.15, 0.2) is 24.5 Å². The fourth-order valence-corrected chi connectivity index (χ4v) is 3.76. The van der Waals surface area contributed by atoms with E-state index in [1.165, 1.54) is 12.8 Å². The number of benzene rings is 1. The molecule has 0 bridgehead atoms. The Kier molecular flexibility index (Phi) is 3.59. The molecule has 5 heteroatoms. The third-order valence-electron chi connectivity index (χ3n) is 5.13. The van der Waals surface area contributed by atoms with Crippen molar-refractivity contribution in [3.8, 4) is 16.9 Å². The van der Waals surface area contributed by atoms with E-state index in [9.17, 15) is 4.79 Å². The van der Waals surface area contributed by atoms with E-state index in [2.05, 4.69) is 35.0 Å². The zero-order valence-electron chi connectivity index (χ0n) is 14.5. The number of amides is 1. The largest absolute Gasteiger partial charge is 0.496 e. The molecule has 1 fully saturated rings. The summed E-state index contributed by atoms with van der Waals surface area (Å²) in [5, 5.41) is 4.49. The summed E-state index contributed by atoms with van der Waals surface area (Å²) in [6.07, 6.45) is 8.33. The van der Waals surface area contributed by atoms with Gasteiger partial charge in [-0.1, -0.05) is 0 Å². The molecule has 0 saturated heterocycles. The van der Waals surface area contributed by atoms with Crippen LogP contribution in [0.4, 0.5) is 5.69 Å². The Morgan fingerprint density at radius 1 is 1.29 bits per heavy atom. The second kappa shape index (κ2) is 5.65. The number of hydrogen-bond donors (Lipinski definition) is 0. The molecule has 1 aromatic carbocycles. The standard InChI is InChI=1S/C19H23N3O2/c1-12-4-7-17-18(22(12)13(2)23)9-8-16(19(17)24-3)14-10-20-21(11-14)15-5-6-15/h8-12,15H,4-7H2,1-3H3/t12-/m0/s1. The average molecular weight is 325 g/mol. The van der Waals surface area contributed by atoms with Crippen LogP contribution in [-0.4, -0.2) is 28.8 Å². The molecule has 4 rings (SSSR count). The molecule has 1 aromatic heterocycles. The van der Waals surface area contributed by atoms with Crippen LogP contribution in [0.2, 0.25) is 0 Å². The number of anilines is 1. The smallest absolute Gasteiger partial charge is 0.224 e. The van der Waals surface area contributed by atoms with Gasteiger partial charge in [-0.3, -0.25) is 9.48 Å². The number of rotatable bonds is 3. The molecule has 1 amide bonds. The third kappa shape index (κ3) is 2.39. The van der Waals surface area contributed by atoms with Crippen molar-refractivity contribution in [1.82, 2.24) is 9.78 Å². The van der Waals surface area contributed by atoms with Crippen LogP contribution in [0.25, 0.3) is 11.1 Å². The molecule has 0 unspecified atom stereocenters. The first kappa shape index (κ1) is 15.2. The van der Waals surface area contributed by atoms with Crippen LogP contribution >= 0.6 is 0 Å². The van der Waals surface area contributed by atoms with Crippen molar-refractivity contribution < 1.29 is 9.53 Å². The molecule has 5 nitrogen and oxygen atoms in total. The molecule has 1 aliphatic carbocycles. The first-order valence-electron chi connectivity index (χ1n) is 8.64. The highest BCUT2D eigenvalue weighted by Crippen LogP contribution is 2.43. The first-order chi connectivity index (χ1) is 11.6. The molecule has 1 saturated carbocycles. The summed E-state index contributed by atoms with van der Waals surface area (Å²) in [6.45, 7) is 3.73. The molecule has 0 spiro atoms. The van der Waals surface area contributed by atoms with Gasteiger partial charge in [0.1, 0.15) is 5.75 Å². The average Bonchev–Trinajstić information content (AvgIpc) is 3.30. The van der Waals surface area contributed by atoms with Gasteiger partial charge in [0.05, 0.1) is 25.0 Å². The molecule has 0 radical (unpaired) electrons. The second-order valence-electron chi connectivity index (χ2n) is 6.86. The zero-order valence-corrected chi connectivity index (χ0v) is 14.5. The van der Waals surface area contributed by atoms with Crippen LogP contribution in [0.5, 0.6) is 5.75 Å². The van der Waals surface area contributed by atoms with E-state index in [4.69, 9.17) is 4.74 Å². The van der Waals surface area contributed by atoms with Gasteiger partial charge in [0.2, 0.25) is 5.91 Å². The van der Waals surface area contributed by atoms with Gasteiger partial charge in [0, 0.05) is 35.9 Å². The fraction of sp³-hybridized carbons (Fsp3) is 0.474. The van der Waals surface area contributed by atoms with Gasteiger partial charge >= 0.3 is 0 Å². The molecule has 2 aromatic rings. The molecule has 0 N–H and O–H groups in total. The summed E-state index contributed by atoms with van der Waals surface area (Å²) in [5.41, 5.74) is 4.25. The topological polar surface area (TPSA) is 47.4 Å². The van der Waals surface area contributed by atoms with Gasteiger partial charge in [-0.05, 0) is 44.7 Å². The highest BCUT2D eigenvalue weighted by molar-refractivity contribution is 5.95. The van der Waals surface area contributed by atoms with Crippen LogP contribution < -0.4 is 9.64 Å². The lowest BCUT2D eigenvalue weighted by Gasteiger charge is -2.35. The lowest BCUT2D eigenvalue weighted by Crippen LogP contribution is -2.40. The Bertz CT molecular complexity index is 792. The number of carbonyl (C=O) groups is 1. The molecule has 1 aliphatic heterocycles. The zero-order chi connectivity index (χ0) is 16.8. The molecule has 2 heterocycles. The number of carbonyl (C=O) groups excluding carboxylic acids is 1. The van der Waals surface area contributed by atoms with Crippen molar-refractivity contribution in [1.29, 1.82) is 0 Å². The van der Waals surface area contributed by atoms with E-state index >= 15 is 0 Å². The number of aromatic nitrogens is 2. The molecule has 1 atom stereocenters. The Hall–Kier alpha value is -2.30. The maximum absolute atomic E-state index is 12.1. The lowest BCUT2D eigenvalue weighted by atomic mass is 9.92. The number of ether oxygens (including phenoxy) is 1. The van der Waals surface area contributed by atoms with Gasteiger partial charge in [-0.15, -0.1) is 0 Å². The van der Waals surface area contributed by atoms with Crippen LogP contribution in [0.3, 0.4) is 0 Å². The summed E-state index contributed by atoms with van der Waals surface area (Å²) >= 11 is 0. The van der Waals surface area contributed by atoms with Crippen molar-refractivity contribution in [3.63, 3.8) is 0 Å². The summed E-state index contributed by atoms with van der Waals surface area (Å²) in [4.78, 5) is 14.0. The summed E-state index contributed by atoms with van der Waals surface area (Å²) in [5.74, 6) is 0.959. The van der Waals surface area contributed by atoms with Crippen molar-refractivity contribution in [3.05, 3.63) is 30.1 Å². The third-order valence-corrected chi connectivity index (χ3v) is 5.13. The van der Waals surface area contributed by atoms with Crippen LogP contribution in [0.1, 0.15) is 44.7 Å². The summed E-state index contributed by atoms with van der Waals surface area (Å²) in [6, 6.07) is 4.90.